The number of carbonyl (C=O) groups excluding carboxylic acids is 1. The van der Waals surface area contributed by atoms with Gasteiger partial charge in [0.05, 0.1) is 24.7 Å². The van der Waals surface area contributed by atoms with E-state index in [4.69, 9.17) is 14.2 Å². The molecule has 2 aromatic carbocycles. The molecule has 1 aliphatic heterocycles. The van der Waals surface area contributed by atoms with E-state index < -0.39 is 10.9 Å². The number of hydrogen-bond donors (Lipinski definition) is 0. The lowest BCUT2D eigenvalue weighted by molar-refractivity contribution is -0.385. The highest BCUT2D eigenvalue weighted by Crippen LogP contribution is 2.30. The van der Waals surface area contributed by atoms with Crippen molar-refractivity contribution >= 4 is 23.6 Å². The summed E-state index contributed by atoms with van der Waals surface area (Å²) in [5, 5.41) is 11.1. The zero-order valence-corrected chi connectivity index (χ0v) is 14.0. The topological polar surface area (TPSA) is 100 Å². The van der Waals surface area contributed by atoms with Gasteiger partial charge >= 0.3 is 5.97 Å². The standard InChI is InChI=1S/C18H14N2O6/c1-24-15-8-7-12(10-16(15)25-2)17-19-13(18(21)26-17)9-11-5-3-4-6-14(11)20(22)23/h3-10H,1-2H3/b13-9+. The Morgan fingerprint density at radius 1 is 1.12 bits per heavy atom. The minimum Gasteiger partial charge on any atom is -0.493 e. The molecule has 0 aliphatic carbocycles. The van der Waals surface area contributed by atoms with E-state index in [1.165, 1.54) is 32.4 Å². The first-order chi connectivity index (χ1) is 12.5. The summed E-state index contributed by atoms with van der Waals surface area (Å²) in [7, 11) is 3.00. The number of nitro benzene ring substituents is 1. The lowest BCUT2D eigenvalue weighted by atomic mass is 10.1. The van der Waals surface area contributed by atoms with Crippen molar-refractivity contribution in [1.29, 1.82) is 0 Å². The van der Waals surface area contributed by atoms with Gasteiger partial charge in [-0.3, -0.25) is 10.1 Å². The highest BCUT2D eigenvalue weighted by atomic mass is 16.6. The van der Waals surface area contributed by atoms with Gasteiger partial charge in [-0.05, 0) is 30.3 Å². The van der Waals surface area contributed by atoms with Crippen LogP contribution in [-0.2, 0) is 9.53 Å². The van der Waals surface area contributed by atoms with Crippen molar-refractivity contribution in [3.63, 3.8) is 0 Å². The Hall–Kier alpha value is -3.68. The van der Waals surface area contributed by atoms with E-state index in [0.29, 0.717) is 17.1 Å². The molecule has 0 fully saturated rings. The minimum atomic E-state index is -0.687. The van der Waals surface area contributed by atoms with Gasteiger partial charge < -0.3 is 14.2 Å². The van der Waals surface area contributed by atoms with Crippen LogP contribution in [0.2, 0.25) is 0 Å². The van der Waals surface area contributed by atoms with Gasteiger partial charge in [0, 0.05) is 11.6 Å². The number of carbonyl (C=O) groups is 1. The number of nitrogens with zero attached hydrogens (tertiary/aromatic N) is 2. The van der Waals surface area contributed by atoms with Gasteiger partial charge in [-0.2, -0.15) is 0 Å². The number of rotatable bonds is 5. The second-order valence-electron chi connectivity index (χ2n) is 5.22. The van der Waals surface area contributed by atoms with Gasteiger partial charge in [-0.15, -0.1) is 0 Å². The summed E-state index contributed by atoms with van der Waals surface area (Å²) in [6.07, 6.45) is 1.33. The molecule has 8 heteroatoms. The van der Waals surface area contributed by atoms with Crippen LogP contribution in [0.4, 0.5) is 5.69 Å². The van der Waals surface area contributed by atoms with Gasteiger partial charge in [-0.1, -0.05) is 12.1 Å². The van der Waals surface area contributed by atoms with Crippen molar-refractivity contribution in [2.75, 3.05) is 14.2 Å². The quantitative estimate of drug-likeness (QED) is 0.354. The van der Waals surface area contributed by atoms with E-state index >= 15 is 0 Å². The SMILES string of the molecule is COc1ccc(C2=N/C(=C/c3ccccc3[N+](=O)[O-])C(=O)O2)cc1OC. The third-order valence-corrected chi connectivity index (χ3v) is 3.68. The number of para-hydroxylation sites is 1. The zero-order valence-electron chi connectivity index (χ0n) is 14.0. The molecule has 1 heterocycles. The van der Waals surface area contributed by atoms with Crippen LogP contribution in [0.1, 0.15) is 11.1 Å². The van der Waals surface area contributed by atoms with Crippen LogP contribution >= 0.6 is 0 Å². The molecule has 3 rings (SSSR count). The van der Waals surface area contributed by atoms with Crippen LogP contribution in [0.25, 0.3) is 6.08 Å². The fraction of sp³-hybridized carbons (Fsp3) is 0.111. The molecule has 0 saturated carbocycles. The van der Waals surface area contributed by atoms with Crippen LogP contribution in [0.3, 0.4) is 0 Å². The molecule has 0 spiro atoms. The molecular formula is C18H14N2O6. The van der Waals surface area contributed by atoms with E-state index in [9.17, 15) is 14.9 Å². The first kappa shape index (κ1) is 17.2. The zero-order chi connectivity index (χ0) is 18.7. The largest absolute Gasteiger partial charge is 0.493 e. The van der Waals surface area contributed by atoms with Gasteiger partial charge in [0.25, 0.3) is 5.69 Å². The number of ether oxygens (including phenoxy) is 3. The number of cyclic esters (lactones) is 1. The molecule has 0 bridgehead atoms. The van der Waals surface area contributed by atoms with Crippen LogP contribution in [0.15, 0.2) is 53.2 Å². The minimum absolute atomic E-state index is 0.0240. The number of benzene rings is 2. The summed E-state index contributed by atoms with van der Waals surface area (Å²) in [5.41, 5.74) is 0.635. The molecule has 0 unspecified atom stereocenters. The number of aliphatic imine (C=N–C) groups is 1. The van der Waals surface area contributed by atoms with E-state index in [2.05, 4.69) is 4.99 Å². The third-order valence-electron chi connectivity index (χ3n) is 3.68. The van der Waals surface area contributed by atoms with Crippen LogP contribution in [-0.4, -0.2) is 31.0 Å². The van der Waals surface area contributed by atoms with Crippen molar-refractivity contribution in [3.8, 4) is 11.5 Å². The van der Waals surface area contributed by atoms with Crippen molar-refractivity contribution < 1.29 is 23.9 Å². The monoisotopic (exact) mass is 354 g/mol. The maximum absolute atomic E-state index is 12.1. The Bertz CT molecular complexity index is 948. The molecule has 0 atom stereocenters. The summed E-state index contributed by atoms with van der Waals surface area (Å²) in [5.74, 6) is 0.380. The number of esters is 1. The Balaban J connectivity index is 1.99. The van der Waals surface area contributed by atoms with Gasteiger partial charge in [0.1, 0.15) is 0 Å². The Morgan fingerprint density at radius 3 is 2.54 bits per heavy atom. The Morgan fingerprint density at radius 2 is 1.85 bits per heavy atom. The maximum Gasteiger partial charge on any atom is 0.363 e. The average molecular weight is 354 g/mol. The summed E-state index contributed by atoms with van der Waals surface area (Å²) >= 11 is 0. The van der Waals surface area contributed by atoms with Crippen molar-refractivity contribution in [2.24, 2.45) is 4.99 Å². The predicted molar refractivity (Wildman–Crippen MR) is 93.2 cm³/mol. The lowest BCUT2D eigenvalue weighted by Gasteiger charge is -2.08. The first-order valence-electron chi connectivity index (χ1n) is 7.52. The second-order valence-corrected chi connectivity index (χ2v) is 5.22. The van der Waals surface area contributed by atoms with Crippen molar-refractivity contribution in [3.05, 3.63) is 69.4 Å². The van der Waals surface area contributed by atoms with Gasteiger partial charge in [0.2, 0.25) is 5.90 Å². The molecule has 0 N–H and O–H groups in total. The molecule has 2 aromatic rings. The van der Waals surface area contributed by atoms with E-state index in [1.807, 2.05) is 0 Å². The smallest absolute Gasteiger partial charge is 0.363 e. The molecule has 26 heavy (non-hydrogen) atoms. The van der Waals surface area contributed by atoms with E-state index in [-0.39, 0.29) is 22.8 Å². The first-order valence-corrected chi connectivity index (χ1v) is 7.52. The summed E-state index contributed by atoms with van der Waals surface area (Å²) < 4.78 is 15.6. The van der Waals surface area contributed by atoms with Crippen LogP contribution < -0.4 is 9.47 Å². The summed E-state index contributed by atoms with van der Waals surface area (Å²) in [6, 6.07) is 11.0. The van der Waals surface area contributed by atoms with Crippen molar-refractivity contribution in [1.82, 2.24) is 0 Å². The summed E-state index contributed by atoms with van der Waals surface area (Å²) in [6.45, 7) is 0. The summed E-state index contributed by atoms with van der Waals surface area (Å²) in [4.78, 5) is 26.8. The Kier molecular flexibility index (Phi) is 4.66. The molecule has 8 nitrogen and oxygen atoms in total. The average Bonchev–Trinajstić information content (AvgIpc) is 3.02. The fourth-order valence-electron chi connectivity index (χ4n) is 2.43. The molecular weight excluding hydrogens is 340 g/mol. The molecule has 0 radical (unpaired) electrons. The predicted octanol–water partition coefficient (Wildman–Crippen LogP) is 2.96. The van der Waals surface area contributed by atoms with Gasteiger partial charge in [0.15, 0.2) is 17.2 Å². The Labute approximate surface area is 148 Å². The maximum atomic E-state index is 12.1. The fourth-order valence-corrected chi connectivity index (χ4v) is 2.43. The molecule has 132 valence electrons. The highest BCUT2D eigenvalue weighted by molar-refractivity contribution is 6.13. The molecule has 0 saturated heterocycles. The van der Waals surface area contributed by atoms with Crippen LogP contribution in [0.5, 0.6) is 11.5 Å². The molecule has 1 aliphatic rings. The van der Waals surface area contributed by atoms with E-state index in [0.717, 1.165) is 0 Å². The second kappa shape index (κ2) is 7.06. The number of methoxy groups -OCH3 is 2. The number of nitro groups is 1. The van der Waals surface area contributed by atoms with E-state index in [1.54, 1.807) is 30.3 Å². The highest BCUT2D eigenvalue weighted by Gasteiger charge is 2.26. The lowest BCUT2D eigenvalue weighted by Crippen LogP contribution is -2.06. The van der Waals surface area contributed by atoms with Crippen LogP contribution in [0, 0.1) is 10.1 Å². The normalized spacial score (nSPS) is 14.8. The van der Waals surface area contributed by atoms with Crippen molar-refractivity contribution in [2.45, 2.75) is 0 Å². The van der Waals surface area contributed by atoms with Gasteiger partial charge in [-0.25, -0.2) is 9.79 Å². The number of hydrogen-bond acceptors (Lipinski definition) is 7. The molecule has 0 aromatic heterocycles. The molecule has 0 amide bonds. The third kappa shape index (κ3) is 3.25.